The van der Waals surface area contributed by atoms with Crippen LogP contribution in [0.3, 0.4) is 0 Å². The van der Waals surface area contributed by atoms with E-state index in [1.54, 1.807) is 6.08 Å². The molecule has 0 heterocycles. The van der Waals surface area contributed by atoms with Crippen LogP contribution in [0.15, 0.2) is 12.7 Å². The van der Waals surface area contributed by atoms with Gasteiger partial charge in [-0.15, -0.1) is 6.58 Å². The smallest absolute Gasteiger partial charge is 0.136 e. The SMILES string of the molecule is C=CCC(=O)CCC(C)CCN. The van der Waals surface area contributed by atoms with Crippen LogP contribution < -0.4 is 5.73 Å². The average Bonchev–Trinajstić information content (AvgIpc) is 2.02. The van der Waals surface area contributed by atoms with Crippen molar-refractivity contribution in [1.82, 2.24) is 0 Å². The fourth-order valence-electron chi connectivity index (χ4n) is 1.10. The molecule has 0 aliphatic rings. The molecule has 2 nitrogen and oxygen atoms in total. The molecule has 0 fully saturated rings. The van der Waals surface area contributed by atoms with E-state index >= 15 is 0 Å². The molecule has 0 aromatic rings. The van der Waals surface area contributed by atoms with Crippen molar-refractivity contribution >= 4 is 5.78 Å². The molecule has 1 unspecified atom stereocenters. The highest BCUT2D eigenvalue weighted by molar-refractivity contribution is 5.79. The quantitative estimate of drug-likeness (QED) is 0.591. The maximum atomic E-state index is 11.0. The fraction of sp³-hybridized carbons (Fsp3) is 0.700. The molecule has 70 valence electrons. The summed E-state index contributed by atoms with van der Waals surface area (Å²) in [5.74, 6) is 0.859. The van der Waals surface area contributed by atoms with Crippen molar-refractivity contribution in [2.75, 3.05) is 6.54 Å². The van der Waals surface area contributed by atoms with Crippen molar-refractivity contribution in [3.05, 3.63) is 12.7 Å². The molecule has 0 rings (SSSR count). The molecule has 0 aliphatic carbocycles. The lowest BCUT2D eigenvalue weighted by Gasteiger charge is -2.07. The van der Waals surface area contributed by atoms with Gasteiger partial charge in [0.15, 0.2) is 0 Å². The van der Waals surface area contributed by atoms with E-state index in [1.165, 1.54) is 0 Å². The first kappa shape index (κ1) is 11.4. The predicted molar refractivity (Wildman–Crippen MR) is 51.9 cm³/mol. The van der Waals surface area contributed by atoms with Gasteiger partial charge in [0.25, 0.3) is 0 Å². The second-order valence-electron chi connectivity index (χ2n) is 3.25. The van der Waals surface area contributed by atoms with Gasteiger partial charge in [0.05, 0.1) is 0 Å². The lowest BCUT2D eigenvalue weighted by atomic mass is 9.99. The van der Waals surface area contributed by atoms with Crippen LogP contribution in [0.4, 0.5) is 0 Å². The second-order valence-corrected chi connectivity index (χ2v) is 3.25. The molecule has 0 aromatic heterocycles. The molecule has 0 saturated carbocycles. The topological polar surface area (TPSA) is 43.1 Å². The van der Waals surface area contributed by atoms with Crippen molar-refractivity contribution in [1.29, 1.82) is 0 Å². The number of ketones is 1. The Balaban J connectivity index is 3.39. The van der Waals surface area contributed by atoms with E-state index in [1.807, 2.05) is 0 Å². The van der Waals surface area contributed by atoms with Crippen LogP contribution in [0.2, 0.25) is 0 Å². The Labute approximate surface area is 74.8 Å². The number of Topliss-reactive ketones (excluding diaryl/α,β-unsaturated/α-hetero) is 1. The zero-order valence-corrected chi connectivity index (χ0v) is 7.88. The van der Waals surface area contributed by atoms with Crippen molar-refractivity contribution in [2.24, 2.45) is 11.7 Å². The number of allylic oxidation sites excluding steroid dienone is 1. The molecule has 12 heavy (non-hydrogen) atoms. The first-order valence-corrected chi connectivity index (χ1v) is 4.53. The normalized spacial score (nSPS) is 12.5. The van der Waals surface area contributed by atoms with Crippen LogP contribution in [0.25, 0.3) is 0 Å². The van der Waals surface area contributed by atoms with E-state index in [-0.39, 0.29) is 5.78 Å². The Morgan fingerprint density at radius 2 is 2.25 bits per heavy atom. The van der Waals surface area contributed by atoms with E-state index in [0.717, 1.165) is 19.4 Å². The van der Waals surface area contributed by atoms with Crippen LogP contribution in [0.1, 0.15) is 32.6 Å². The number of nitrogens with two attached hydrogens (primary N) is 1. The van der Waals surface area contributed by atoms with Gasteiger partial charge >= 0.3 is 0 Å². The molecule has 0 amide bonds. The summed E-state index contributed by atoms with van der Waals surface area (Å²) in [4.78, 5) is 11.0. The Kier molecular flexibility index (Phi) is 6.67. The Morgan fingerprint density at radius 1 is 1.58 bits per heavy atom. The molecule has 1 atom stereocenters. The first-order valence-electron chi connectivity index (χ1n) is 4.53. The van der Waals surface area contributed by atoms with Crippen LogP contribution in [-0.2, 0) is 4.79 Å². The van der Waals surface area contributed by atoms with Gasteiger partial charge < -0.3 is 5.73 Å². The largest absolute Gasteiger partial charge is 0.330 e. The maximum Gasteiger partial charge on any atom is 0.136 e. The van der Waals surface area contributed by atoms with Crippen LogP contribution in [0.5, 0.6) is 0 Å². The highest BCUT2D eigenvalue weighted by Gasteiger charge is 2.04. The molecular formula is C10H19NO. The number of hydrogen-bond acceptors (Lipinski definition) is 2. The third kappa shape index (κ3) is 6.10. The van der Waals surface area contributed by atoms with Crippen molar-refractivity contribution in [3.63, 3.8) is 0 Å². The molecule has 0 bridgehead atoms. The molecule has 2 N–H and O–H groups in total. The third-order valence-corrected chi connectivity index (χ3v) is 1.95. The summed E-state index contributed by atoms with van der Waals surface area (Å²) in [6, 6.07) is 0. The predicted octanol–water partition coefficient (Wildman–Crippen LogP) is 1.90. The summed E-state index contributed by atoms with van der Waals surface area (Å²) >= 11 is 0. The Bertz CT molecular complexity index is 143. The number of hydrogen-bond donors (Lipinski definition) is 1. The number of carbonyl (C=O) groups is 1. The third-order valence-electron chi connectivity index (χ3n) is 1.95. The minimum absolute atomic E-state index is 0.286. The summed E-state index contributed by atoms with van der Waals surface area (Å²) in [5, 5.41) is 0. The minimum atomic E-state index is 0.286. The molecule has 0 aliphatic heterocycles. The van der Waals surface area contributed by atoms with Crippen LogP contribution in [0, 0.1) is 5.92 Å². The summed E-state index contributed by atoms with van der Waals surface area (Å²) in [6.45, 7) is 6.38. The highest BCUT2D eigenvalue weighted by atomic mass is 16.1. The average molecular weight is 169 g/mol. The summed E-state index contributed by atoms with van der Waals surface area (Å²) in [5.41, 5.74) is 5.39. The van der Waals surface area contributed by atoms with Crippen molar-refractivity contribution < 1.29 is 4.79 Å². The van der Waals surface area contributed by atoms with Gasteiger partial charge in [0.1, 0.15) is 5.78 Å². The minimum Gasteiger partial charge on any atom is -0.330 e. The van der Waals surface area contributed by atoms with E-state index in [9.17, 15) is 4.79 Å². The maximum absolute atomic E-state index is 11.0. The number of rotatable bonds is 7. The van der Waals surface area contributed by atoms with E-state index in [2.05, 4.69) is 13.5 Å². The summed E-state index contributed by atoms with van der Waals surface area (Å²) in [6.07, 6.45) is 4.82. The Morgan fingerprint density at radius 3 is 2.75 bits per heavy atom. The molecule has 0 aromatic carbocycles. The molecule has 0 radical (unpaired) electrons. The number of carbonyl (C=O) groups excluding carboxylic acids is 1. The summed E-state index contributed by atoms with van der Waals surface area (Å²) < 4.78 is 0. The first-order chi connectivity index (χ1) is 5.70. The lowest BCUT2D eigenvalue weighted by Crippen LogP contribution is -2.07. The summed E-state index contributed by atoms with van der Waals surface area (Å²) in [7, 11) is 0. The van der Waals surface area contributed by atoms with E-state index in [4.69, 9.17) is 5.73 Å². The van der Waals surface area contributed by atoms with Gasteiger partial charge in [-0.2, -0.15) is 0 Å². The van der Waals surface area contributed by atoms with Crippen molar-refractivity contribution in [3.8, 4) is 0 Å². The van der Waals surface area contributed by atoms with Gasteiger partial charge in [-0.25, -0.2) is 0 Å². The van der Waals surface area contributed by atoms with Gasteiger partial charge in [-0.3, -0.25) is 4.79 Å². The van der Waals surface area contributed by atoms with Gasteiger partial charge in [0, 0.05) is 12.8 Å². The van der Waals surface area contributed by atoms with Crippen LogP contribution >= 0.6 is 0 Å². The molecule has 0 saturated heterocycles. The zero-order valence-electron chi connectivity index (χ0n) is 7.88. The second kappa shape index (κ2) is 7.04. The molecule has 2 heteroatoms. The molecule has 0 spiro atoms. The van der Waals surface area contributed by atoms with E-state index < -0.39 is 0 Å². The van der Waals surface area contributed by atoms with Gasteiger partial charge in [-0.05, 0) is 25.3 Å². The monoisotopic (exact) mass is 169 g/mol. The van der Waals surface area contributed by atoms with Crippen LogP contribution in [-0.4, -0.2) is 12.3 Å². The van der Waals surface area contributed by atoms with Gasteiger partial charge in [-0.1, -0.05) is 13.0 Å². The standard InChI is InChI=1S/C10H19NO/c1-3-4-10(12)6-5-9(2)7-8-11/h3,9H,1,4-8,11H2,2H3. The van der Waals surface area contributed by atoms with Gasteiger partial charge in [0.2, 0.25) is 0 Å². The zero-order chi connectivity index (χ0) is 9.40. The Hall–Kier alpha value is -0.630. The molecular weight excluding hydrogens is 150 g/mol. The lowest BCUT2D eigenvalue weighted by molar-refractivity contribution is -0.118. The fourth-order valence-corrected chi connectivity index (χ4v) is 1.10. The van der Waals surface area contributed by atoms with E-state index in [0.29, 0.717) is 18.8 Å². The van der Waals surface area contributed by atoms with Crippen molar-refractivity contribution in [2.45, 2.75) is 32.6 Å². The highest BCUT2D eigenvalue weighted by Crippen LogP contribution is 2.10.